The van der Waals surface area contributed by atoms with Crippen molar-refractivity contribution in [1.29, 1.82) is 0 Å². The van der Waals surface area contributed by atoms with Gasteiger partial charge in [-0.15, -0.1) is 0 Å². The first-order valence-electron chi connectivity index (χ1n) is 16.3. The molecule has 0 atom stereocenters. The summed E-state index contributed by atoms with van der Waals surface area (Å²) in [5.41, 5.74) is 13.3. The maximum Gasteiger partial charge on any atom is 0.128 e. The van der Waals surface area contributed by atoms with Crippen LogP contribution in [0.2, 0.25) is 0 Å². The molecule has 0 N–H and O–H groups in total. The second kappa shape index (κ2) is 14.9. The second-order valence-electron chi connectivity index (χ2n) is 11.8. The Labute approximate surface area is 264 Å². The van der Waals surface area contributed by atoms with Crippen LogP contribution >= 0.6 is 0 Å². The fourth-order valence-corrected chi connectivity index (χ4v) is 5.57. The van der Waals surface area contributed by atoms with Crippen LogP contribution in [-0.4, -0.2) is 13.2 Å². The number of benzene rings is 5. The zero-order chi connectivity index (χ0) is 30.9. The maximum atomic E-state index is 6.48. The van der Waals surface area contributed by atoms with Crippen LogP contribution in [0.1, 0.15) is 63.1 Å². The van der Waals surface area contributed by atoms with Crippen molar-refractivity contribution in [1.82, 2.24) is 0 Å². The van der Waals surface area contributed by atoms with E-state index in [0.29, 0.717) is 13.2 Å². The fourth-order valence-electron chi connectivity index (χ4n) is 5.57. The van der Waals surface area contributed by atoms with Crippen molar-refractivity contribution in [3.05, 3.63) is 120 Å². The number of unbranched alkanes of at least 4 members (excludes halogenated alkanes) is 2. The van der Waals surface area contributed by atoms with E-state index in [1.165, 1.54) is 38.9 Å². The monoisotopic (exact) mass is 582 g/mol. The Morgan fingerprint density at radius 2 is 0.864 bits per heavy atom. The Balaban J connectivity index is 1.54. The van der Waals surface area contributed by atoms with Crippen LogP contribution in [0.25, 0.3) is 44.5 Å². The van der Waals surface area contributed by atoms with Gasteiger partial charge in [0.15, 0.2) is 0 Å². The Morgan fingerprint density at radius 3 is 1.32 bits per heavy atom. The van der Waals surface area contributed by atoms with E-state index in [0.717, 1.165) is 65.9 Å². The molecule has 0 aliphatic heterocycles. The van der Waals surface area contributed by atoms with E-state index in [4.69, 9.17) is 9.47 Å². The minimum Gasteiger partial charge on any atom is -0.493 e. The van der Waals surface area contributed by atoms with E-state index in [2.05, 4.69) is 138 Å². The number of hydrogen-bond acceptors (Lipinski definition) is 2. The largest absolute Gasteiger partial charge is 0.493 e. The molecule has 0 aromatic heterocycles. The normalized spacial score (nSPS) is 11.0. The van der Waals surface area contributed by atoms with Crippen molar-refractivity contribution in [2.24, 2.45) is 0 Å². The first-order valence-corrected chi connectivity index (χ1v) is 16.3. The summed E-state index contributed by atoms with van der Waals surface area (Å²) in [6.45, 7) is 12.3. The Morgan fingerprint density at radius 1 is 0.455 bits per heavy atom. The summed E-state index contributed by atoms with van der Waals surface area (Å²) >= 11 is 0. The van der Waals surface area contributed by atoms with Gasteiger partial charge >= 0.3 is 0 Å². The molecule has 0 radical (unpaired) electrons. The number of aryl methyl sites for hydroxylation is 3. The SMILES string of the molecule is CCCCOc1cc(-c2ccc(-c3ccc(C)c(CC)c3)cc2)c(OCCCC)cc1-c1ccc(-c2ccc(C)cc2)cc1. The van der Waals surface area contributed by atoms with Crippen molar-refractivity contribution in [3.63, 3.8) is 0 Å². The van der Waals surface area contributed by atoms with Gasteiger partial charge in [0.1, 0.15) is 11.5 Å². The molecule has 2 nitrogen and oxygen atoms in total. The van der Waals surface area contributed by atoms with E-state index >= 15 is 0 Å². The van der Waals surface area contributed by atoms with Crippen molar-refractivity contribution in [2.45, 2.75) is 66.7 Å². The molecule has 5 aromatic carbocycles. The van der Waals surface area contributed by atoms with Gasteiger partial charge in [-0.1, -0.05) is 130 Å². The highest BCUT2D eigenvalue weighted by Gasteiger charge is 2.16. The van der Waals surface area contributed by atoms with E-state index in [1.807, 2.05) is 0 Å². The highest BCUT2D eigenvalue weighted by atomic mass is 16.5. The Kier molecular flexibility index (Phi) is 10.6. The standard InChI is InChI=1S/C42H46O2/c1-6-9-25-43-41-29-40(37-23-19-35(20-24-37)38-16-13-31(5)32(8-3)27-38)42(44-26-10-7-2)28-39(41)36-21-17-34(18-22-36)33-14-11-30(4)12-15-33/h11-24,27-29H,6-10,25-26H2,1-5H3. The molecular formula is C42H46O2. The average molecular weight is 583 g/mol. The van der Waals surface area contributed by atoms with Gasteiger partial charge in [0.05, 0.1) is 13.2 Å². The molecule has 2 heteroatoms. The van der Waals surface area contributed by atoms with E-state index in [-0.39, 0.29) is 0 Å². The molecule has 0 spiro atoms. The summed E-state index contributed by atoms with van der Waals surface area (Å²) in [5.74, 6) is 1.80. The van der Waals surface area contributed by atoms with Gasteiger partial charge in [0.2, 0.25) is 0 Å². The molecule has 226 valence electrons. The zero-order valence-corrected chi connectivity index (χ0v) is 27.1. The fraction of sp³-hybridized carbons (Fsp3) is 0.286. The van der Waals surface area contributed by atoms with Crippen LogP contribution in [0.4, 0.5) is 0 Å². The summed E-state index contributed by atoms with van der Waals surface area (Å²) in [6.07, 6.45) is 5.25. The molecule has 5 aromatic rings. The van der Waals surface area contributed by atoms with Gasteiger partial charge in [-0.25, -0.2) is 0 Å². The van der Waals surface area contributed by atoms with Crippen LogP contribution in [0, 0.1) is 13.8 Å². The van der Waals surface area contributed by atoms with E-state index in [1.54, 1.807) is 0 Å². The molecule has 5 rings (SSSR count). The summed E-state index contributed by atoms with van der Waals surface area (Å²) in [7, 11) is 0. The highest BCUT2D eigenvalue weighted by molar-refractivity contribution is 5.83. The van der Waals surface area contributed by atoms with Gasteiger partial charge in [-0.2, -0.15) is 0 Å². The lowest BCUT2D eigenvalue weighted by Gasteiger charge is -2.19. The molecule has 0 bridgehead atoms. The summed E-state index contributed by atoms with van der Waals surface area (Å²) in [5, 5.41) is 0. The highest BCUT2D eigenvalue weighted by Crippen LogP contribution is 2.42. The van der Waals surface area contributed by atoms with Crippen molar-refractivity contribution in [3.8, 4) is 56.0 Å². The molecule has 0 aliphatic rings. The van der Waals surface area contributed by atoms with Gasteiger partial charge in [-0.05, 0) is 89.8 Å². The summed E-state index contributed by atoms with van der Waals surface area (Å²) < 4.78 is 13.0. The van der Waals surface area contributed by atoms with Gasteiger partial charge < -0.3 is 9.47 Å². The molecule has 0 aliphatic carbocycles. The zero-order valence-electron chi connectivity index (χ0n) is 27.1. The first-order chi connectivity index (χ1) is 21.5. The smallest absolute Gasteiger partial charge is 0.128 e. The minimum absolute atomic E-state index is 0.687. The van der Waals surface area contributed by atoms with E-state index in [9.17, 15) is 0 Å². The predicted octanol–water partition coefficient (Wildman–Crippen LogP) is 11.9. The van der Waals surface area contributed by atoms with Crippen molar-refractivity contribution in [2.75, 3.05) is 13.2 Å². The number of ether oxygens (including phenoxy) is 2. The number of hydrogen-bond donors (Lipinski definition) is 0. The molecule has 44 heavy (non-hydrogen) atoms. The van der Waals surface area contributed by atoms with E-state index < -0.39 is 0 Å². The third-order valence-corrected chi connectivity index (χ3v) is 8.43. The van der Waals surface area contributed by atoms with Crippen molar-refractivity contribution >= 4 is 0 Å². The van der Waals surface area contributed by atoms with Crippen LogP contribution in [0.15, 0.2) is 103 Å². The first kappa shape index (κ1) is 31.1. The Bertz CT molecular complexity index is 1650. The Hall–Kier alpha value is -4.30. The quantitative estimate of drug-likeness (QED) is 0.129. The van der Waals surface area contributed by atoms with Crippen LogP contribution in [0.5, 0.6) is 11.5 Å². The van der Waals surface area contributed by atoms with Crippen LogP contribution < -0.4 is 9.47 Å². The molecular weight excluding hydrogens is 536 g/mol. The minimum atomic E-state index is 0.687. The lowest BCUT2D eigenvalue weighted by atomic mass is 9.94. The average Bonchev–Trinajstić information content (AvgIpc) is 3.06. The predicted molar refractivity (Wildman–Crippen MR) is 188 cm³/mol. The number of rotatable bonds is 13. The second-order valence-corrected chi connectivity index (χ2v) is 11.8. The van der Waals surface area contributed by atoms with Crippen LogP contribution in [-0.2, 0) is 6.42 Å². The summed E-state index contributed by atoms with van der Waals surface area (Å²) in [6, 6.07) is 37.6. The molecule has 0 heterocycles. The lowest BCUT2D eigenvalue weighted by molar-refractivity contribution is 0.303. The van der Waals surface area contributed by atoms with Gasteiger partial charge in [0, 0.05) is 11.1 Å². The molecule has 0 saturated heterocycles. The van der Waals surface area contributed by atoms with Gasteiger partial charge in [-0.3, -0.25) is 0 Å². The van der Waals surface area contributed by atoms with Crippen molar-refractivity contribution < 1.29 is 9.47 Å². The third kappa shape index (κ3) is 7.42. The topological polar surface area (TPSA) is 18.5 Å². The maximum absolute atomic E-state index is 6.48. The lowest BCUT2D eigenvalue weighted by Crippen LogP contribution is -2.02. The summed E-state index contributed by atoms with van der Waals surface area (Å²) in [4.78, 5) is 0. The molecule has 0 unspecified atom stereocenters. The molecule has 0 saturated carbocycles. The van der Waals surface area contributed by atoms with Crippen LogP contribution in [0.3, 0.4) is 0 Å². The third-order valence-electron chi connectivity index (χ3n) is 8.43. The molecule has 0 amide bonds. The molecule has 0 fully saturated rings. The van der Waals surface area contributed by atoms with Gasteiger partial charge in [0.25, 0.3) is 0 Å².